The van der Waals surface area contributed by atoms with Crippen LogP contribution in [0.4, 0.5) is 0 Å². The number of rotatable bonds is 22. The Morgan fingerprint density at radius 1 is 0.938 bits per heavy atom. The lowest BCUT2D eigenvalue weighted by Gasteiger charge is -2.34. The maximum atomic E-state index is 14.8. The van der Waals surface area contributed by atoms with Gasteiger partial charge in [-0.25, -0.2) is 4.79 Å². The van der Waals surface area contributed by atoms with Crippen LogP contribution in [0.2, 0.25) is 0 Å². The highest BCUT2D eigenvalue weighted by atomic mass is 16.8. The fourth-order valence-electron chi connectivity index (χ4n) is 9.19. The van der Waals surface area contributed by atoms with Crippen LogP contribution in [-0.4, -0.2) is 101 Å². The van der Waals surface area contributed by atoms with Crippen molar-refractivity contribution in [2.45, 2.75) is 185 Å². The summed E-state index contributed by atoms with van der Waals surface area (Å²) >= 11 is 0. The van der Waals surface area contributed by atoms with Gasteiger partial charge in [0.05, 0.1) is 30.4 Å². The topological polar surface area (TPSA) is 153 Å². The van der Waals surface area contributed by atoms with Gasteiger partial charge < -0.3 is 39.0 Å². The molecule has 350 valence electrons. The van der Waals surface area contributed by atoms with Crippen LogP contribution in [0.15, 0.2) is 72.3 Å². The Morgan fingerprint density at radius 3 is 2.28 bits per heavy atom. The van der Waals surface area contributed by atoms with Gasteiger partial charge in [0.2, 0.25) is 11.8 Å². The Labute approximate surface area is 380 Å². The maximum Gasteiger partial charge on any atom is 0.338 e. The first-order valence-electron chi connectivity index (χ1n) is 23.8. The number of aliphatic hydroxyl groups is 1. The number of nitrogens with one attached hydrogen (secondary N) is 1. The quantitative estimate of drug-likeness (QED) is 0.0670. The highest BCUT2D eigenvalue weighted by molar-refractivity contribution is 5.97. The number of amides is 2. The lowest BCUT2D eigenvalue weighted by atomic mass is 9.89. The summed E-state index contributed by atoms with van der Waals surface area (Å²) < 4.78 is 31.2. The van der Waals surface area contributed by atoms with Crippen LogP contribution >= 0.6 is 0 Å². The van der Waals surface area contributed by atoms with E-state index < -0.39 is 72.1 Å². The second-order valence-electron chi connectivity index (χ2n) is 19.2. The Hall–Kier alpha value is -4.36. The number of aliphatic hydroxyl groups excluding tert-OH is 1. The van der Waals surface area contributed by atoms with Crippen molar-refractivity contribution in [3.63, 3.8) is 0 Å². The van der Waals surface area contributed by atoms with Crippen LogP contribution in [0.1, 0.15) is 146 Å². The smallest absolute Gasteiger partial charge is 0.338 e. The standard InChI is InChI=1S/C52H72N2O10/c1-7-9-14-28-52(29-15-10-8-2)62-45-33-39(32-44(47(45)64-52)61-50(59)38-23-20-35(21-24-38)18-19-37-22-26-42-43(31-37)60-42)49(58)54(6)41(30-36-16-12-11-13-17-36)48(57)53-40(34-55)25-27-46(56)63-51(3,4)5/h11-13,16-21,23-24,33,37,40-45,47,55H,7-10,14-15,22,25-32,34H2,1-6H3,(H,53,57)/t37?,40-,41+,42?,43?,44+,45+,47-/m0/s1. The van der Waals surface area contributed by atoms with Crippen LogP contribution in [0.3, 0.4) is 0 Å². The highest BCUT2D eigenvalue weighted by Crippen LogP contribution is 2.44. The van der Waals surface area contributed by atoms with Crippen molar-refractivity contribution in [1.82, 2.24) is 10.2 Å². The number of esters is 2. The molecule has 3 fully saturated rings. The van der Waals surface area contributed by atoms with Gasteiger partial charge in [-0.1, -0.05) is 94.1 Å². The number of hydrogen-bond donors (Lipinski definition) is 2. The molecule has 0 radical (unpaired) electrons. The largest absolute Gasteiger partial charge is 0.460 e. The number of ether oxygens (including phenoxy) is 5. The molecule has 12 nitrogen and oxygen atoms in total. The van der Waals surface area contributed by atoms with Crippen LogP contribution in [0, 0.1) is 5.92 Å². The van der Waals surface area contributed by atoms with Crippen molar-refractivity contribution in [3.8, 4) is 0 Å². The molecule has 0 aromatic heterocycles. The average Bonchev–Trinajstić information content (AvgIpc) is 3.96. The Morgan fingerprint density at radius 2 is 1.64 bits per heavy atom. The Balaban J connectivity index is 1.22. The van der Waals surface area contributed by atoms with E-state index in [1.54, 1.807) is 46.0 Å². The number of fused-ring (bicyclic) bond motifs is 2. The molecule has 6 rings (SSSR count). The minimum absolute atomic E-state index is 0.00460. The summed E-state index contributed by atoms with van der Waals surface area (Å²) in [5.41, 5.74) is 1.90. The van der Waals surface area contributed by atoms with Gasteiger partial charge in [0, 0.05) is 44.7 Å². The van der Waals surface area contributed by atoms with E-state index in [0.29, 0.717) is 42.1 Å². The van der Waals surface area contributed by atoms with E-state index in [-0.39, 0.29) is 25.7 Å². The van der Waals surface area contributed by atoms with Crippen molar-refractivity contribution in [2.24, 2.45) is 5.92 Å². The molecule has 0 bridgehead atoms. The molecular formula is C52H72N2O10. The first kappa shape index (κ1) is 49.1. The zero-order chi connectivity index (χ0) is 45.9. The van der Waals surface area contributed by atoms with Gasteiger partial charge in [-0.05, 0) is 94.5 Å². The number of carbonyl (C=O) groups excluding carboxylic acids is 4. The van der Waals surface area contributed by atoms with E-state index >= 15 is 0 Å². The molecule has 4 aliphatic rings. The van der Waals surface area contributed by atoms with Crippen LogP contribution in [-0.2, 0) is 44.5 Å². The van der Waals surface area contributed by atoms with Crippen molar-refractivity contribution in [3.05, 3.63) is 89.0 Å². The van der Waals surface area contributed by atoms with Gasteiger partial charge >= 0.3 is 11.9 Å². The van der Waals surface area contributed by atoms with Gasteiger partial charge in [0.15, 0.2) is 5.79 Å². The molecule has 8 atom stereocenters. The monoisotopic (exact) mass is 885 g/mol. The van der Waals surface area contributed by atoms with E-state index in [2.05, 4.69) is 31.3 Å². The van der Waals surface area contributed by atoms with Gasteiger partial charge in [0.1, 0.15) is 30.0 Å². The number of benzene rings is 2. The molecule has 2 aliphatic carbocycles. The minimum atomic E-state index is -0.988. The number of unbranched alkanes of at least 4 members (excludes halogenated alkanes) is 4. The predicted molar refractivity (Wildman–Crippen MR) is 245 cm³/mol. The summed E-state index contributed by atoms with van der Waals surface area (Å²) in [7, 11) is 1.59. The maximum absolute atomic E-state index is 14.8. The summed E-state index contributed by atoms with van der Waals surface area (Å²) in [4.78, 5) is 56.8. The zero-order valence-corrected chi connectivity index (χ0v) is 38.9. The van der Waals surface area contributed by atoms with Gasteiger partial charge in [-0.2, -0.15) is 0 Å². The molecule has 0 spiro atoms. The number of likely N-dealkylation sites (N-methyl/N-ethyl adjacent to an activating group) is 1. The molecule has 3 unspecified atom stereocenters. The molecule has 64 heavy (non-hydrogen) atoms. The molecule has 2 N–H and O–H groups in total. The summed E-state index contributed by atoms with van der Waals surface area (Å²) in [5.74, 6) is -2.26. The molecule has 2 heterocycles. The number of hydrogen-bond acceptors (Lipinski definition) is 10. The van der Waals surface area contributed by atoms with E-state index in [4.69, 9.17) is 23.7 Å². The molecule has 12 heteroatoms. The third-order valence-electron chi connectivity index (χ3n) is 12.8. The fraction of sp³-hybridized carbons (Fsp3) is 0.615. The molecule has 2 saturated heterocycles. The second kappa shape index (κ2) is 22.7. The van der Waals surface area contributed by atoms with Gasteiger partial charge in [-0.15, -0.1) is 0 Å². The van der Waals surface area contributed by atoms with E-state index in [1.807, 2.05) is 42.5 Å². The second-order valence-corrected chi connectivity index (χ2v) is 19.2. The van der Waals surface area contributed by atoms with Crippen molar-refractivity contribution < 1.29 is 48.0 Å². The molecule has 2 aliphatic heterocycles. The molecule has 2 amide bonds. The molecule has 1 saturated carbocycles. The lowest BCUT2D eigenvalue weighted by molar-refractivity contribution is -0.190. The number of allylic oxidation sites excluding steroid dienone is 1. The zero-order valence-electron chi connectivity index (χ0n) is 38.9. The molecular weight excluding hydrogens is 813 g/mol. The predicted octanol–water partition coefficient (Wildman–Crippen LogP) is 8.43. The minimum Gasteiger partial charge on any atom is -0.460 e. The van der Waals surface area contributed by atoms with Crippen molar-refractivity contribution in [1.29, 1.82) is 0 Å². The third kappa shape index (κ3) is 13.8. The summed E-state index contributed by atoms with van der Waals surface area (Å²) in [6, 6.07) is 15.0. The number of carbonyl (C=O) groups is 4. The first-order chi connectivity index (χ1) is 30.7. The summed E-state index contributed by atoms with van der Waals surface area (Å²) in [5, 5.41) is 13.1. The average molecular weight is 885 g/mol. The van der Waals surface area contributed by atoms with Crippen LogP contribution < -0.4 is 5.32 Å². The van der Waals surface area contributed by atoms with E-state index in [9.17, 15) is 24.3 Å². The van der Waals surface area contributed by atoms with Crippen molar-refractivity contribution in [2.75, 3.05) is 13.7 Å². The lowest BCUT2D eigenvalue weighted by Crippen LogP contribution is -2.53. The van der Waals surface area contributed by atoms with E-state index in [0.717, 1.165) is 68.9 Å². The molecule has 2 aromatic rings. The summed E-state index contributed by atoms with van der Waals surface area (Å²) in [6.07, 6.45) is 15.8. The number of epoxide rings is 1. The Bertz CT molecular complexity index is 1910. The normalized spacial score (nSPS) is 24.5. The highest BCUT2D eigenvalue weighted by Gasteiger charge is 2.53. The summed E-state index contributed by atoms with van der Waals surface area (Å²) in [6.45, 7) is 9.25. The van der Waals surface area contributed by atoms with Gasteiger partial charge in [0.25, 0.3) is 0 Å². The first-order valence-corrected chi connectivity index (χ1v) is 23.8. The van der Waals surface area contributed by atoms with Crippen LogP contribution in [0.25, 0.3) is 6.08 Å². The van der Waals surface area contributed by atoms with E-state index in [1.165, 1.54) is 4.90 Å². The SMILES string of the molecule is CCCCCC1(CCCCC)O[C@@H]2[C@@H](C=C(C(=O)N(C)[C@H](Cc3ccccc3)C(=O)N[C@H](CO)CCC(=O)OC(C)(C)C)C[C@H]2OC(=O)c2ccc(C=CC3CCC4OC4C3)cc2)O1. The molecule has 2 aromatic carbocycles. The van der Waals surface area contributed by atoms with Crippen LogP contribution in [0.5, 0.6) is 0 Å². The fourth-order valence-corrected chi connectivity index (χ4v) is 9.19. The third-order valence-corrected chi connectivity index (χ3v) is 12.8. The number of nitrogens with zero attached hydrogens (tertiary/aromatic N) is 1. The van der Waals surface area contributed by atoms with Gasteiger partial charge in [-0.3, -0.25) is 14.4 Å². The van der Waals surface area contributed by atoms with Crippen molar-refractivity contribution >= 4 is 29.8 Å². The Kier molecular flexibility index (Phi) is 17.4.